The van der Waals surface area contributed by atoms with E-state index in [2.05, 4.69) is 5.32 Å². The Morgan fingerprint density at radius 1 is 1.15 bits per heavy atom. The van der Waals surface area contributed by atoms with Crippen LogP contribution in [0.5, 0.6) is 5.75 Å². The van der Waals surface area contributed by atoms with Gasteiger partial charge in [0.1, 0.15) is 5.75 Å². The Balaban J connectivity index is 2.04. The van der Waals surface area contributed by atoms with Crippen LogP contribution >= 0.6 is 11.6 Å². The smallest absolute Gasteiger partial charge is 0.144 e. The van der Waals surface area contributed by atoms with Gasteiger partial charge in [-0.25, -0.2) is 0 Å². The second kappa shape index (κ2) is 6.53. The van der Waals surface area contributed by atoms with Crippen LogP contribution in [0.3, 0.4) is 0 Å². The van der Waals surface area contributed by atoms with Crippen molar-refractivity contribution in [3.8, 4) is 5.75 Å². The van der Waals surface area contributed by atoms with Crippen molar-refractivity contribution in [1.29, 1.82) is 0 Å². The molecule has 2 aromatic rings. The van der Waals surface area contributed by atoms with Gasteiger partial charge in [-0.1, -0.05) is 23.7 Å². The number of benzene rings is 2. The number of nitrogen functional groups attached to an aromatic ring is 1. The van der Waals surface area contributed by atoms with Crippen LogP contribution in [-0.2, 0) is 6.54 Å². The predicted octanol–water partition coefficient (Wildman–Crippen LogP) is 4.32. The molecular formula is C16H19ClN2O. The summed E-state index contributed by atoms with van der Waals surface area (Å²) in [5, 5.41) is 4.09. The second-order valence-electron chi connectivity index (χ2n) is 4.90. The molecule has 0 heterocycles. The zero-order valence-corrected chi connectivity index (χ0v) is 12.4. The molecule has 0 unspecified atom stereocenters. The van der Waals surface area contributed by atoms with Crippen LogP contribution in [-0.4, -0.2) is 6.10 Å². The number of anilines is 2. The fraction of sp³-hybridized carbons (Fsp3) is 0.250. The third kappa shape index (κ3) is 4.07. The minimum Gasteiger partial charge on any atom is -0.489 e. The van der Waals surface area contributed by atoms with E-state index < -0.39 is 0 Å². The summed E-state index contributed by atoms with van der Waals surface area (Å²) in [7, 11) is 0. The highest BCUT2D eigenvalue weighted by atomic mass is 35.5. The maximum Gasteiger partial charge on any atom is 0.144 e. The van der Waals surface area contributed by atoms with E-state index in [0.29, 0.717) is 11.4 Å². The van der Waals surface area contributed by atoms with E-state index >= 15 is 0 Å². The average molecular weight is 291 g/mol. The number of nitrogens with two attached hydrogens (primary N) is 1. The summed E-state index contributed by atoms with van der Waals surface area (Å²) in [6, 6.07) is 13.5. The fourth-order valence-electron chi connectivity index (χ4n) is 1.81. The lowest BCUT2D eigenvalue weighted by Crippen LogP contribution is -2.08. The molecular weight excluding hydrogens is 272 g/mol. The summed E-state index contributed by atoms with van der Waals surface area (Å²) in [5.41, 5.74) is 8.68. The van der Waals surface area contributed by atoms with Crippen LogP contribution in [0, 0.1) is 0 Å². The summed E-state index contributed by atoms with van der Waals surface area (Å²) in [6.07, 6.45) is 0.101. The van der Waals surface area contributed by atoms with Crippen molar-refractivity contribution in [2.24, 2.45) is 0 Å². The molecule has 4 heteroatoms. The molecule has 3 N–H and O–H groups in total. The SMILES string of the molecule is CC(C)Oc1cc(NCc2ccc(Cl)cc2)ccc1N. The lowest BCUT2D eigenvalue weighted by atomic mass is 10.2. The van der Waals surface area contributed by atoms with Crippen LogP contribution < -0.4 is 15.8 Å². The largest absolute Gasteiger partial charge is 0.489 e. The van der Waals surface area contributed by atoms with Gasteiger partial charge in [0.2, 0.25) is 0 Å². The van der Waals surface area contributed by atoms with Gasteiger partial charge in [0.15, 0.2) is 0 Å². The summed E-state index contributed by atoms with van der Waals surface area (Å²) in [6.45, 7) is 4.68. The zero-order valence-electron chi connectivity index (χ0n) is 11.7. The van der Waals surface area contributed by atoms with E-state index in [0.717, 1.165) is 22.8 Å². The molecule has 2 aromatic carbocycles. The number of nitrogens with one attached hydrogen (secondary N) is 1. The molecule has 0 aromatic heterocycles. The standard InChI is InChI=1S/C16H19ClN2O/c1-11(2)20-16-9-14(7-8-15(16)18)19-10-12-3-5-13(17)6-4-12/h3-9,11,19H,10,18H2,1-2H3. The quantitative estimate of drug-likeness (QED) is 0.806. The molecule has 0 aliphatic heterocycles. The predicted molar refractivity (Wildman–Crippen MR) is 85.4 cm³/mol. The van der Waals surface area contributed by atoms with Crippen molar-refractivity contribution < 1.29 is 4.74 Å². The number of halogens is 1. The minimum absolute atomic E-state index is 0.101. The maximum atomic E-state index is 5.89. The van der Waals surface area contributed by atoms with Gasteiger partial charge in [-0.15, -0.1) is 0 Å². The maximum absolute atomic E-state index is 5.89. The molecule has 0 amide bonds. The highest BCUT2D eigenvalue weighted by molar-refractivity contribution is 6.30. The second-order valence-corrected chi connectivity index (χ2v) is 5.34. The van der Waals surface area contributed by atoms with Crippen molar-refractivity contribution in [3.63, 3.8) is 0 Å². The molecule has 0 atom stereocenters. The van der Waals surface area contributed by atoms with Crippen LogP contribution in [0.15, 0.2) is 42.5 Å². The molecule has 0 saturated carbocycles. The molecule has 0 fully saturated rings. The topological polar surface area (TPSA) is 47.3 Å². The van der Waals surface area contributed by atoms with Crippen molar-refractivity contribution in [2.45, 2.75) is 26.5 Å². The first-order valence-corrected chi connectivity index (χ1v) is 6.97. The number of hydrogen-bond donors (Lipinski definition) is 2. The molecule has 0 aliphatic carbocycles. The Kier molecular flexibility index (Phi) is 4.74. The summed E-state index contributed by atoms with van der Waals surface area (Å²) in [4.78, 5) is 0. The van der Waals surface area contributed by atoms with Crippen LogP contribution in [0.1, 0.15) is 19.4 Å². The van der Waals surface area contributed by atoms with Crippen molar-refractivity contribution in [1.82, 2.24) is 0 Å². The summed E-state index contributed by atoms with van der Waals surface area (Å²) in [5.74, 6) is 0.709. The van der Waals surface area contributed by atoms with Crippen molar-refractivity contribution >= 4 is 23.0 Å². The van der Waals surface area contributed by atoms with E-state index in [1.54, 1.807) is 0 Å². The highest BCUT2D eigenvalue weighted by Gasteiger charge is 2.04. The van der Waals surface area contributed by atoms with Gasteiger partial charge in [0, 0.05) is 23.3 Å². The molecule has 20 heavy (non-hydrogen) atoms. The Morgan fingerprint density at radius 2 is 1.85 bits per heavy atom. The monoisotopic (exact) mass is 290 g/mol. The number of ether oxygens (including phenoxy) is 1. The first-order valence-electron chi connectivity index (χ1n) is 6.59. The molecule has 0 bridgehead atoms. The third-order valence-electron chi connectivity index (χ3n) is 2.79. The Bertz CT molecular complexity index is 567. The average Bonchev–Trinajstić information content (AvgIpc) is 2.41. The lowest BCUT2D eigenvalue weighted by Gasteiger charge is -2.14. The van der Waals surface area contributed by atoms with Gasteiger partial charge in [0.25, 0.3) is 0 Å². The normalized spacial score (nSPS) is 10.6. The molecule has 0 radical (unpaired) electrons. The Morgan fingerprint density at radius 3 is 2.50 bits per heavy atom. The number of hydrogen-bond acceptors (Lipinski definition) is 3. The summed E-state index contributed by atoms with van der Waals surface area (Å²) < 4.78 is 5.67. The van der Waals surface area contributed by atoms with Gasteiger partial charge in [-0.3, -0.25) is 0 Å². The van der Waals surface area contributed by atoms with Crippen LogP contribution in [0.2, 0.25) is 5.02 Å². The lowest BCUT2D eigenvalue weighted by molar-refractivity contribution is 0.244. The van der Waals surface area contributed by atoms with Gasteiger partial charge >= 0.3 is 0 Å². The van der Waals surface area contributed by atoms with E-state index in [9.17, 15) is 0 Å². The van der Waals surface area contributed by atoms with Gasteiger partial charge in [-0.05, 0) is 43.7 Å². The molecule has 3 nitrogen and oxygen atoms in total. The molecule has 0 aliphatic rings. The van der Waals surface area contributed by atoms with Gasteiger partial charge in [0.05, 0.1) is 11.8 Å². The Hall–Kier alpha value is -1.87. The van der Waals surface area contributed by atoms with Crippen molar-refractivity contribution in [3.05, 3.63) is 53.1 Å². The fourth-order valence-corrected chi connectivity index (χ4v) is 1.93. The van der Waals surface area contributed by atoms with Crippen molar-refractivity contribution in [2.75, 3.05) is 11.1 Å². The van der Waals surface area contributed by atoms with E-state index in [1.807, 2.05) is 56.3 Å². The molecule has 0 saturated heterocycles. The molecule has 2 rings (SSSR count). The van der Waals surface area contributed by atoms with Crippen LogP contribution in [0.4, 0.5) is 11.4 Å². The van der Waals surface area contributed by atoms with E-state index in [1.165, 1.54) is 0 Å². The van der Waals surface area contributed by atoms with Crippen LogP contribution in [0.25, 0.3) is 0 Å². The van der Waals surface area contributed by atoms with Gasteiger partial charge in [-0.2, -0.15) is 0 Å². The van der Waals surface area contributed by atoms with Gasteiger partial charge < -0.3 is 15.8 Å². The first-order chi connectivity index (χ1) is 9.54. The third-order valence-corrected chi connectivity index (χ3v) is 3.04. The molecule has 106 valence electrons. The minimum atomic E-state index is 0.101. The van der Waals surface area contributed by atoms with E-state index in [-0.39, 0.29) is 6.10 Å². The Labute approximate surface area is 124 Å². The number of rotatable bonds is 5. The zero-order chi connectivity index (χ0) is 14.5. The first kappa shape index (κ1) is 14.5. The summed E-state index contributed by atoms with van der Waals surface area (Å²) >= 11 is 5.86. The van der Waals surface area contributed by atoms with E-state index in [4.69, 9.17) is 22.1 Å². The molecule has 0 spiro atoms. The highest BCUT2D eigenvalue weighted by Crippen LogP contribution is 2.26.